The van der Waals surface area contributed by atoms with Crippen LogP contribution in [0.5, 0.6) is 5.75 Å². The fourth-order valence-corrected chi connectivity index (χ4v) is 2.75. The van der Waals surface area contributed by atoms with E-state index in [1.54, 1.807) is 24.5 Å². The van der Waals surface area contributed by atoms with Crippen LogP contribution >= 0.6 is 0 Å². The predicted molar refractivity (Wildman–Crippen MR) is 96.7 cm³/mol. The predicted octanol–water partition coefficient (Wildman–Crippen LogP) is 2.97. The van der Waals surface area contributed by atoms with Gasteiger partial charge in [-0.3, -0.25) is 4.98 Å². The average molecular weight is 336 g/mol. The highest BCUT2D eigenvalue weighted by molar-refractivity contribution is 6.06. The maximum absolute atomic E-state index is 12.2. The van der Waals surface area contributed by atoms with Crippen LogP contribution in [0, 0.1) is 0 Å². The van der Waals surface area contributed by atoms with Crippen LogP contribution in [-0.4, -0.2) is 30.7 Å². The highest BCUT2D eigenvalue weighted by Crippen LogP contribution is 2.28. The number of pyridine rings is 1. The van der Waals surface area contributed by atoms with Gasteiger partial charge in [0.15, 0.2) is 0 Å². The number of methoxy groups -OCH3 is 1. The van der Waals surface area contributed by atoms with Crippen LogP contribution in [0.15, 0.2) is 60.9 Å². The minimum atomic E-state index is -0.441. The zero-order chi connectivity index (χ0) is 17.6. The SMILES string of the molecule is COC(=O)c1c(OCC(N)Cc2ccccc2)ccc2cnccc12. The van der Waals surface area contributed by atoms with Gasteiger partial charge in [0.1, 0.15) is 17.9 Å². The molecule has 2 N–H and O–H groups in total. The minimum absolute atomic E-state index is 0.180. The Morgan fingerprint density at radius 2 is 1.96 bits per heavy atom. The van der Waals surface area contributed by atoms with E-state index in [1.165, 1.54) is 7.11 Å². The average Bonchev–Trinajstić information content (AvgIpc) is 2.66. The van der Waals surface area contributed by atoms with Crippen LogP contribution in [0.1, 0.15) is 15.9 Å². The van der Waals surface area contributed by atoms with E-state index in [-0.39, 0.29) is 6.04 Å². The summed E-state index contributed by atoms with van der Waals surface area (Å²) in [7, 11) is 1.35. The van der Waals surface area contributed by atoms with Gasteiger partial charge in [0, 0.05) is 29.2 Å². The lowest BCUT2D eigenvalue weighted by Crippen LogP contribution is -2.30. The third kappa shape index (κ3) is 3.95. The Bertz CT molecular complexity index is 865. The first-order valence-electron chi connectivity index (χ1n) is 8.06. The third-order valence-corrected chi connectivity index (χ3v) is 3.97. The van der Waals surface area contributed by atoms with Crippen molar-refractivity contribution in [2.24, 2.45) is 5.73 Å². The summed E-state index contributed by atoms with van der Waals surface area (Å²) in [6.45, 7) is 0.301. The lowest BCUT2D eigenvalue weighted by molar-refractivity contribution is 0.0598. The number of benzene rings is 2. The molecule has 0 radical (unpaired) electrons. The number of carbonyl (C=O) groups excluding carboxylic acids is 1. The number of nitrogens with two attached hydrogens (primary N) is 1. The summed E-state index contributed by atoms with van der Waals surface area (Å²) in [5, 5.41) is 1.60. The van der Waals surface area contributed by atoms with Crippen molar-refractivity contribution in [3.8, 4) is 5.75 Å². The van der Waals surface area contributed by atoms with Crippen LogP contribution in [-0.2, 0) is 11.2 Å². The summed E-state index contributed by atoms with van der Waals surface area (Å²) < 4.78 is 10.8. The number of aromatic nitrogens is 1. The number of rotatable bonds is 6. The normalized spacial score (nSPS) is 11.9. The van der Waals surface area contributed by atoms with Crippen LogP contribution in [0.2, 0.25) is 0 Å². The largest absolute Gasteiger partial charge is 0.491 e. The summed E-state index contributed by atoms with van der Waals surface area (Å²) in [6.07, 6.45) is 4.04. The topological polar surface area (TPSA) is 74.4 Å². The first-order valence-corrected chi connectivity index (χ1v) is 8.06. The molecular formula is C20H20N2O3. The number of nitrogens with zero attached hydrogens (tertiary/aromatic N) is 1. The van der Waals surface area contributed by atoms with Gasteiger partial charge in [0.2, 0.25) is 0 Å². The van der Waals surface area contributed by atoms with E-state index in [0.29, 0.717) is 24.3 Å². The monoisotopic (exact) mass is 336 g/mol. The van der Waals surface area contributed by atoms with Crippen molar-refractivity contribution >= 4 is 16.7 Å². The standard InChI is InChI=1S/C20H20N2O3/c1-24-20(23)19-17-9-10-22-12-15(17)7-8-18(19)25-13-16(21)11-14-5-3-2-4-6-14/h2-10,12,16H,11,13,21H2,1H3. The molecule has 0 spiro atoms. The van der Waals surface area contributed by atoms with Gasteiger partial charge in [-0.15, -0.1) is 0 Å². The molecule has 25 heavy (non-hydrogen) atoms. The van der Waals surface area contributed by atoms with Crippen molar-refractivity contribution in [2.45, 2.75) is 12.5 Å². The molecule has 0 aliphatic rings. The molecule has 0 aliphatic carbocycles. The van der Waals surface area contributed by atoms with E-state index in [4.69, 9.17) is 15.2 Å². The molecule has 0 amide bonds. The van der Waals surface area contributed by atoms with E-state index in [9.17, 15) is 4.79 Å². The highest BCUT2D eigenvalue weighted by atomic mass is 16.5. The quantitative estimate of drug-likeness (QED) is 0.701. The van der Waals surface area contributed by atoms with E-state index < -0.39 is 5.97 Å². The fraction of sp³-hybridized carbons (Fsp3) is 0.200. The Labute approximate surface area is 146 Å². The summed E-state index contributed by atoms with van der Waals surface area (Å²) in [6, 6.07) is 15.2. The van der Waals surface area contributed by atoms with Crippen molar-refractivity contribution in [2.75, 3.05) is 13.7 Å². The number of hydrogen-bond donors (Lipinski definition) is 1. The van der Waals surface area contributed by atoms with Crippen molar-refractivity contribution in [1.29, 1.82) is 0 Å². The van der Waals surface area contributed by atoms with Crippen molar-refractivity contribution < 1.29 is 14.3 Å². The van der Waals surface area contributed by atoms with Crippen LogP contribution in [0.25, 0.3) is 10.8 Å². The molecule has 5 heteroatoms. The number of fused-ring (bicyclic) bond motifs is 1. The summed E-state index contributed by atoms with van der Waals surface area (Å²) in [5.74, 6) is 0.0255. The maximum Gasteiger partial charge on any atom is 0.342 e. The molecule has 0 saturated carbocycles. The molecule has 0 aliphatic heterocycles. The van der Waals surface area contributed by atoms with E-state index in [1.807, 2.05) is 36.4 Å². The first kappa shape index (κ1) is 16.9. The minimum Gasteiger partial charge on any atom is -0.491 e. The molecule has 0 bridgehead atoms. The molecule has 1 aromatic heterocycles. The van der Waals surface area contributed by atoms with E-state index >= 15 is 0 Å². The van der Waals surface area contributed by atoms with Gasteiger partial charge < -0.3 is 15.2 Å². The maximum atomic E-state index is 12.2. The molecule has 128 valence electrons. The first-order chi connectivity index (χ1) is 12.2. The van der Waals surface area contributed by atoms with E-state index in [2.05, 4.69) is 4.98 Å². The van der Waals surface area contributed by atoms with Gasteiger partial charge in [-0.1, -0.05) is 30.3 Å². The zero-order valence-corrected chi connectivity index (χ0v) is 14.0. The Morgan fingerprint density at radius 3 is 2.72 bits per heavy atom. The summed E-state index contributed by atoms with van der Waals surface area (Å²) in [5.41, 5.74) is 7.72. The Kier molecular flexibility index (Phi) is 5.26. The van der Waals surface area contributed by atoms with Crippen molar-refractivity contribution in [3.63, 3.8) is 0 Å². The van der Waals surface area contributed by atoms with Gasteiger partial charge in [-0.25, -0.2) is 4.79 Å². The Hall–Kier alpha value is -2.92. The lowest BCUT2D eigenvalue weighted by atomic mass is 10.1. The third-order valence-electron chi connectivity index (χ3n) is 3.97. The smallest absolute Gasteiger partial charge is 0.342 e. The molecule has 3 aromatic rings. The molecule has 1 heterocycles. The number of hydrogen-bond acceptors (Lipinski definition) is 5. The molecule has 5 nitrogen and oxygen atoms in total. The molecule has 1 unspecified atom stereocenters. The number of ether oxygens (including phenoxy) is 2. The van der Waals surface area contributed by atoms with Crippen molar-refractivity contribution in [1.82, 2.24) is 4.98 Å². The molecule has 0 fully saturated rings. The molecular weight excluding hydrogens is 316 g/mol. The molecule has 2 aromatic carbocycles. The summed E-state index contributed by atoms with van der Waals surface area (Å²) in [4.78, 5) is 16.3. The molecule has 3 rings (SSSR count). The second-order valence-corrected chi connectivity index (χ2v) is 5.79. The fourth-order valence-electron chi connectivity index (χ4n) is 2.75. The summed E-state index contributed by atoms with van der Waals surface area (Å²) >= 11 is 0. The highest BCUT2D eigenvalue weighted by Gasteiger charge is 2.18. The second kappa shape index (κ2) is 7.77. The van der Waals surface area contributed by atoms with Gasteiger partial charge in [0.25, 0.3) is 0 Å². The molecule has 1 atom stereocenters. The zero-order valence-electron chi connectivity index (χ0n) is 14.0. The van der Waals surface area contributed by atoms with Crippen LogP contribution in [0.3, 0.4) is 0 Å². The Morgan fingerprint density at radius 1 is 1.16 bits per heavy atom. The molecule has 0 saturated heterocycles. The second-order valence-electron chi connectivity index (χ2n) is 5.79. The number of esters is 1. The van der Waals surface area contributed by atoms with Crippen molar-refractivity contribution in [3.05, 3.63) is 72.1 Å². The van der Waals surface area contributed by atoms with Crippen LogP contribution in [0.4, 0.5) is 0 Å². The van der Waals surface area contributed by atoms with Gasteiger partial charge >= 0.3 is 5.97 Å². The Balaban J connectivity index is 1.80. The van der Waals surface area contributed by atoms with Gasteiger partial charge in [-0.05, 0) is 30.2 Å². The van der Waals surface area contributed by atoms with E-state index in [0.717, 1.165) is 16.3 Å². The van der Waals surface area contributed by atoms with Crippen LogP contribution < -0.4 is 10.5 Å². The van der Waals surface area contributed by atoms with Gasteiger partial charge in [-0.2, -0.15) is 0 Å². The van der Waals surface area contributed by atoms with Gasteiger partial charge in [0.05, 0.1) is 7.11 Å². The lowest BCUT2D eigenvalue weighted by Gasteiger charge is -2.16. The number of carbonyl (C=O) groups is 1.